The molecular formula is C12H22N2O2. The van der Waals surface area contributed by atoms with Gasteiger partial charge in [0.25, 0.3) is 0 Å². The van der Waals surface area contributed by atoms with Gasteiger partial charge in [0.1, 0.15) is 0 Å². The minimum absolute atomic E-state index is 0.151. The Hall–Kier alpha value is -0.610. The zero-order chi connectivity index (χ0) is 11.5. The van der Waals surface area contributed by atoms with Crippen LogP contribution in [-0.2, 0) is 9.53 Å². The molecule has 4 heteroatoms. The molecule has 4 atom stereocenters. The number of nitrogens with one attached hydrogen (secondary N) is 2. The fourth-order valence-corrected chi connectivity index (χ4v) is 2.60. The largest absolute Gasteiger partial charge is 0.378 e. The van der Waals surface area contributed by atoms with Crippen LogP contribution in [0.1, 0.15) is 26.7 Å². The monoisotopic (exact) mass is 226 g/mol. The normalized spacial score (nSPS) is 39.6. The molecule has 0 radical (unpaired) electrons. The van der Waals surface area contributed by atoms with Gasteiger partial charge in [-0.25, -0.2) is 0 Å². The van der Waals surface area contributed by atoms with Crippen molar-refractivity contribution >= 4 is 5.91 Å². The maximum Gasteiger partial charge on any atom is 0.224 e. The highest BCUT2D eigenvalue weighted by Crippen LogP contribution is 2.18. The molecule has 0 aliphatic carbocycles. The predicted molar refractivity (Wildman–Crippen MR) is 62.1 cm³/mol. The van der Waals surface area contributed by atoms with Gasteiger partial charge in [-0.15, -0.1) is 0 Å². The lowest BCUT2D eigenvalue weighted by Gasteiger charge is -2.29. The molecule has 0 bridgehead atoms. The summed E-state index contributed by atoms with van der Waals surface area (Å²) in [6.45, 7) is 6.76. The molecule has 2 heterocycles. The van der Waals surface area contributed by atoms with E-state index in [2.05, 4.69) is 24.5 Å². The van der Waals surface area contributed by atoms with E-state index in [-0.39, 0.29) is 17.9 Å². The average Bonchev–Trinajstić information content (AvgIpc) is 2.64. The fraction of sp³-hybridized carbons (Fsp3) is 0.917. The van der Waals surface area contributed by atoms with Crippen LogP contribution < -0.4 is 10.6 Å². The second kappa shape index (κ2) is 5.15. The van der Waals surface area contributed by atoms with Crippen LogP contribution in [0, 0.1) is 11.8 Å². The van der Waals surface area contributed by atoms with Crippen LogP contribution >= 0.6 is 0 Å². The highest BCUT2D eigenvalue weighted by molar-refractivity contribution is 5.79. The van der Waals surface area contributed by atoms with Gasteiger partial charge in [0, 0.05) is 19.2 Å². The summed E-state index contributed by atoms with van der Waals surface area (Å²) in [5, 5.41) is 6.43. The number of ether oxygens (including phenoxy) is 1. The van der Waals surface area contributed by atoms with Crippen molar-refractivity contribution in [3.63, 3.8) is 0 Å². The summed E-state index contributed by atoms with van der Waals surface area (Å²) in [6.07, 6.45) is 2.17. The van der Waals surface area contributed by atoms with Gasteiger partial charge in [0.15, 0.2) is 0 Å². The Morgan fingerprint density at radius 1 is 1.38 bits per heavy atom. The molecule has 16 heavy (non-hydrogen) atoms. The van der Waals surface area contributed by atoms with E-state index in [4.69, 9.17) is 4.74 Å². The topological polar surface area (TPSA) is 50.4 Å². The lowest BCUT2D eigenvalue weighted by Crippen LogP contribution is -2.45. The van der Waals surface area contributed by atoms with Gasteiger partial charge in [-0.1, -0.05) is 6.92 Å². The van der Waals surface area contributed by atoms with E-state index in [0.717, 1.165) is 32.5 Å². The number of carbonyl (C=O) groups excluding carboxylic acids is 1. The first kappa shape index (κ1) is 11.9. The molecule has 2 rings (SSSR count). The van der Waals surface area contributed by atoms with Crippen molar-refractivity contribution in [3.8, 4) is 0 Å². The Bertz CT molecular complexity index is 257. The third-order valence-corrected chi connectivity index (χ3v) is 3.69. The summed E-state index contributed by atoms with van der Waals surface area (Å²) in [5.41, 5.74) is 0. The molecule has 2 fully saturated rings. The molecule has 2 N–H and O–H groups in total. The number of carbonyl (C=O) groups is 1. The van der Waals surface area contributed by atoms with Gasteiger partial charge in [-0.2, -0.15) is 0 Å². The SMILES string of the molecule is CC1CC(NC(=O)C2CNCC2C)CCO1. The van der Waals surface area contributed by atoms with Gasteiger partial charge >= 0.3 is 0 Å². The zero-order valence-electron chi connectivity index (χ0n) is 10.2. The molecule has 2 aliphatic heterocycles. The van der Waals surface area contributed by atoms with Crippen LogP contribution in [0.5, 0.6) is 0 Å². The number of amides is 1. The first-order valence-corrected chi connectivity index (χ1v) is 6.29. The number of hydrogen-bond acceptors (Lipinski definition) is 3. The van der Waals surface area contributed by atoms with Crippen molar-refractivity contribution in [2.24, 2.45) is 11.8 Å². The van der Waals surface area contributed by atoms with Gasteiger partial charge in [-0.3, -0.25) is 4.79 Å². The van der Waals surface area contributed by atoms with E-state index in [1.165, 1.54) is 0 Å². The first-order chi connectivity index (χ1) is 7.66. The molecule has 2 aliphatic rings. The van der Waals surface area contributed by atoms with Crippen molar-refractivity contribution in [1.29, 1.82) is 0 Å². The molecular weight excluding hydrogens is 204 g/mol. The Morgan fingerprint density at radius 3 is 2.81 bits per heavy atom. The average molecular weight is 226 g/mol. The van der Waals surface area contributed by atoms with Crippen molar-refractivity contribution in [1.82, 2.24) is 10.6 Å². The molecule has 4 unspecified atom stereocenters. The van der Waals surface area contributed by atoms with Crippen LogP contribution in [0.25, 0.3) is 0 Å². The zero-order valence-corrected chi connectivity index (χ0v) is 10.2. The maximum absolute atomic E-state index is 12.0. The van der Waals surface area contributed by atoms with E-state index in [9.17, 15) is 4.79 Å². The standard InChI is InChI=1S/C12H22N2O2/c1-8-6-13-7-11(8)12(15)14-10-3-4-16-9(2)5-10/h8-11,13H,3-7H2,1-2H3,(H,14,15). The highest BCUT2D eigenvalue weighted by atomic mass is 16.5. The summed E-state index contributed by atoms with van der Waals surface area (Å²) in [4.78, 5) is 12.0. The van der Waals surface area contributed by atoms with E-state index >= 15 is 0 Å². The molecule has 4 nitrogen and oxygen atoms in total. The van der Waals surface area contributed by atoms with Crippen molar-refractivity contribution in [2.75, 3.05) is 19.7 Å². The minimum Gasteiger partial charge on any atom is -0.378 e. The third kappa shape index (κ3) is 2.74. The summed E-state index contributed by atoms with van der Waals surface area (Å²) < 4.78 is 5.47. The Labute approximate surface area is 97.1 Å². The predicted octanol–water partition coefficient (Wildman–Crippen LogP) is 0.526. The molecule has 0 aromatic heterocycles. The Balaban J connectivity index is 1.82. The van der Waals surface area contributed by atoms with E-state index in [0.29, 0.717) is 12.0 Å². The van der Waals surface area contributed by atoms with E-state index in [1.54, 1.807) is 0 Å². The first-order valence-electron chi connectivity index (χ1n) is 6.29. The summed E-state index contributed by atoms with van der Waals surface area (Å²) >= 11 is 0. The van der Waals surface area contributed by atoms with Crippen LogP contribution in [0.3, 0.4) is 0 Å². The molecule has 1 amide bonds. The van der Waals surface area contributed by atoms with Crippen LogP contribution in [0.4, 0.5) is 0 Å². The van der Waals surface area contributed by atoms with Gasteiger partial charge in [-0.05, 0) is 32.2 Å². The fourth-order valence-electron chi connectivity index (χ4n) is 2.60. The third-order valence-electron chi connectivity index (χ3n) is 3.69. The smallest absolute Gasteiger partial charge is 0.224 e. The second-order valence-corrected chi connectivity index (χ2v) is 5.15. The van der Waals surface area contributed by atoms with Gasteiger partial charge in [0.2, 0.25) is 5.91 Å². The Kier molecular flexibility index (Phi) is 3.82. The van der Waals surface area contributed by atoms with Crippen LogP contribution in [0.15, 0.2) is 0 Å². The number of rotatable bonds is 2. The quantitative estimate of drug-likeness (QED) is 0.722. The maximum atomic E-state index is 12.0. The molecule has 2 saturated heterocycles. The lowest BCUT2D eigenvalue weighted by molar-refractivity contribution is -0.127. The lowest BCUT2D eigenvalue weighted by atomic mass is 9.96. The van der Waals surface area contributed by atoms with Gasteiger partial charge in [0.05, 0.1) is 12.0 Å². The van der Waals surface area contributed by atoms with Crippen molar-refractivity contribution in [2.45, 2.75) is 38.8 Å². The summed E-state index contributed by atoms with van der Waals surface area (Å²) in [5.74, 6) is 0.826. The summed E-state index contributed by atoms with van der Waals surface area (Å²) in [7, 11) is 0. The van der Waals surface area contributed by atoms with E-state index in [1.807, 2.05) is 0 Å². The summed E-state index contributed by atoms with van der Waals surface area (Å²) in [6, 6.07) is 0.309. The molecule has 92 valence electrons. The molecule has 0 spiro atoms. The van der Waals surface area contributed by atoms with Crippen molar-refractivity contribution < 1.29 is 9.53 Å². The van der Waals surface area contributed by atoms with Crippen molar-refractivity contribution in [3.05, 3.63) is 0 Å². The second-order valence-electron chi connectivity index (χ2n) is 5.15. The molecule has 0 saturated carbocycles. The van der Waals surface area contributed by atoms with Crippen LogP contribution in [0.2, 0.25) is 0 Å². The highest BCUT2D eigenvalue weighted by Gasteiger charge is 2.31. The van der Waals surface area contributed by atoms with Gasteiger partial charge < -0.3 is 15.4 Å². The van der Waals surface area contributed by atoms with Crippen LogP contribution in [-0.4, -0.2) is 37.7 Å². The molecule has 0 aromatic carbocycles. The minimum atomic E-state index is 0.151. The number of hydrogen-bond donors (Lipinski definition) is 2. The Morgan fingerprint density at radius 2 is 2.19 bits per heavy atom. The van der Waals surface area contributed by atoms with E-state index < -0.39 is 0 Å². The molecule has 0 aromatic rings.